The van der Waals surface area contributed by atoms with E-state index in [0.29, 0.717) is 31.7 Å². The van der Waals surface area contributed by atoms with Crippen LogP contribution in [0.2, 0.25) is 0 Å². The van der Waals surface area contributed by atoms with Crippen molar-refractivity contribution >= 4 is 15.9 Å². The first-order chi connectivity index (χ1) is 17.8. The van der Waals surface area contributed by atoms with E-state index in [2.05, 4.69) is 0 Å². The number of hydrogen-bond donors (Lipinski definition) is 0. The third-order valence-electron chi connectivity index (χ3n) is 7.10. The van der Waals surface area contributed by atoms with E-state index in [4.69, 9.17) is 4.74 Å². The lowest BCUT2D eigenvalue weighted by molar-refractivity contribution is -0.134. The number of rotatable bonds is 10. The van der Waals surface area contributed by atoms with Gasteiger partial charge < -0.3 is 9.64 Å². The highest BCUT2D eigenvalue weighted by Gasteiger charge is 2.43. The van der Waals surface area contributed by atoms with E-state index >= 15 is 0 Å². The van der Waals surface area contributed by atoms with E-state index in [0.717, 1.165) is 17.5 Å². The summed E-state index contributed by atoms with van der Waals surface area (Å²) in [4.78, 5) is 15.4. The van der Waals surface area contributed by atoms with Gasteiger partial charge in [0.05, 0.1) is 11.5 Å². The van der Waals surface area contributed by atoms with Gasteiger partial charge in [0.15, 0.2) is 0 Å². The number of amides is 1. The average Bonchev–Trinajstić information content (AvgIpc) is 2.93. The van der Waals surface area contributed by atoms with Gasteiger partial charge in [0.1, 0.15) is 5.75 Å². The molecule has 1 fully saturated rings. The molecule has 1 amide bonds. The predicted molar refractivity (Wildman–Crippen MR) is 146 cm³/mol. The zero-order chi connectivity index (χ0) is 26.3. The molecule has 1 unspecified atom stereocenters. The SMILES string of the molecule is CCc1ccc(S(=O)(=O)N2CCCC(COc3ccccc3)(CC(=O)N(C)Cc3ccccc3)C2)cc1. The lowest BCUT2D eigenvalue weighted by Crippen LogP contribution is -2.50. The van der Waals surface area contributed by atoms with Crippen LogP contribution in [0.3, 0.4) is 0 Å². The Morgan fingerprint density at radius 2 is 1.59 bits per heavy atom. The number of hydrogen-bond acceptors (Lipinski definition) is 4. The predicted octanol–water partition coefficient (Wildman–Crippen LogP) is 5.15. The Labute approximate surface area is 220 Å². The molecule has 4 rings (SSSR count). The van der Waals surface area contributed by atoms with Crippen LogP contribution in [0.4, 0.5) is 0 Å². The van der Waals surface area contributed by atoms with Gasteiger partial charge in [0, 0.05) is 38.5 Å². The third-order valence-corrected chi connectivity index (χ3v) is 8.96. The highest BCUT2D eigenvalue weighted by atomic mass is 32.2. The minimum absolute atomic E-state index is 0.0212. The van der Waals surface area contributed by atoms with Gasteiger partial charge in [-0.3, -0.25) is 4.79 Å². The smallest absolute Gasteiger partial charge is 0.243 e. The summed E-state index contributed by atoms with van der Waals surface area (Å²) in [5, 5.41) is 0. The molecular formula is C30H36N2O4S. The molecule has 1 atom stereocenters. The van der Waals surface area contributed by atoms with Crippen LogP contribution in [0.1, 0.15) is 37.3 Å². The molecule has 1 saturated heterocycles. The number of para-hydroxylation sites is 1. The number of aryl methyl sites for hydroxylation is 1. The molecule has 0 radical (unpaired) electrons. The summed E-state index contributed by atoms with van der Waals surface area (Å²) in [6.07, 6.45) is 2.44. The Morgan fingerprint density at radius 1 is 0.946 bits per heavy atom. The Balaban J connectivity index is 1.56. The van der Waals surface area contributed by atoms with Gasteiger partial charge in [0.25, 0.3) is 0 Å². The fraction of sp³-hybridized carbons (Fsp3) is 0.367. The second kappa shape index (κ2) is 11.9. The summed E-state index contributed by atoms with van der Waals surface area (Å²) < 4.78 is 34.9. The molecule has 0 aliphatic carbocycles. The van der Waals surface area contributed by atoms with Crippen molar-refractivity contribution < 1.29 is 17.9 Å². The van der Waals surface area contributed by atoms with Gasteiger partial charge in [0.2, 0.25) is 15.9 Å². The Kier molecular flexibility index (Phi) is 8.67. The number of ether oxygens (including phenoxy) is 1. The van der Waals surface area contributed by atoms with Crippen LogP contribution in [0, 0.1) is 5.41 Å². The Hall–Kier alpha value is -3.16. The molecule has 1 aliphatic heterocycles. The fourth-order valence-electron chi connectivity index (χ4n) is 4.88. The molecule has 3 aromatic rings. The van der Waals surface area contributed by atoms with Crippen molar-refractivity contribution in [3.8, 4) is 5.75 Å². The first kappa shape index (κ1) is 26.9. The highest BCUT2D eigenvalue weighted by molar-refractivity contribution is 7.89. The molecule has 0 aromatic heterocycles. The van der Waals surface area contributed by atoms with E-state index in [1.54, 1.807) is 24.1 Å². The summed E-state index contributed by atoms with van der Waals surface area (Å²) in [6.45, 7) is 3.48. The van der Waals surface area contributed by atoms with Crippen molar-refractivity contribution in [3.63, 3.8) is 0 Å². The van der Waals surface area contributed by atoms with Crippen LogP contribution in [0.5, 0.6) is 5.75 Å². The summed E-state index contributed by atoms with van der Waals surface area (Å²) in [7, 11) is -1.89. The zero-order valence-electron chi connectivity index (χ0n) is 21.7. The number of carbonyl (C=O) groups is 1. The van der Waals surface area contributed by atoms with E-state index in [1.807, 2.05) is 79.7 Å². The number of sulfonamides is 1. The van der Waals surface area contributed by atoms with Gasteiger partial charge in [-0.2, -0.15) is 4.31 Å². The summed E-state index contributed by atoms with van der Waals surface area (Å²) >= 11 is 0. The second-order valence-corrected chi connectivity index (χ2v) is 11.9. The van der Waals surface area contributed by atoms with Crippen molar-refractivity contribution in [1.82, 2.24) is 9.21 Å². The number of nitrogens with zero attached hydrogens (tertiary/aromatic N) is 2. The number of benzene rings is 3. The van der Waals surface area contributed by atoms with Crippen LogP contribution >= 0.6 is 0 Å². The van der Waals surface area contributed by atoms with Crippen LogP contribution in [0.25, 0.3) is 0 Å². The van der Waals surface area contributed by atoms with Crippen LogP contribution in [-0.4, -0.2) is 50.3 Å². The fourth-order valence-corrected chi connectivity index (χ4v) is 6.47. The van der Waals surface area contributed by atoms with E-state index in [1.165, 1.54) is 4.31 Å². The van der Waals surface area contributed by atoms with Crippen LogP contribution in [-0.2, 0) is 27.8 Å². The first-order valence-electron chi connectivity index (χ1n) is 12.9. The molecule has 7 heteroatoms. The molecule has 1 aliphatic rings. The van der Waals surface area contributed by atoms with Crippen molar-refractivity contribution in [3.05, 3.63) is 96.1 Å². The van der Waals surface area contributed by atoms with E-state index in [-0.39, 0.29) is 30.4 Å². The molecule has 1 heterocycles. The largest absolute Gasteiger partial charge is 0.493 e. The summed E-state index contributed by atoms with van der Waals surface area (Å²) in [5.41, 5.74) is 1.51. The number of piperidine rings is 1. The Bertz CT molecular complexity index is 1260. The number of carbonyl (C=O) groups excluding carboxylic acids is 1. The molecular weight excluding hydrogens is 484 g/mol. The van der Waals surface area contributed by atoms with E-state index in [9.17, 15) is 13.2 Å². The molecule has 3 aromatic carbocycles. The van der Waals surface area contributed by atoms with Crippen molar-refractivity contribution in [2.75, 3.05) is 26.7 Å². The molecule has 0 spiro atoms. The topological polar surface area (TPSA) is 66.9 Å². The van der Waals surface area contributed by atoms with Gasteiger partial charge in [-0.05, 0) is 54.7 Å². The molecule has 37 heavy (non-hydrogen) atoms. The van der Waals surface area contributed by atoms with Gasteiger partial charge in [-0.15, -0.1) is 0 Å². The quantitative estimate of drug-likeness (QED) is 0.371. The second-order valence-electron chi connectivity index (χ2n) is 9.95. The summed E-state index contributed by atoms with van der Waals surface area (Å²) in [6, 6.07) is 26.4. The molecule has 196 valence electrons. The van der Waals surface area contributed by atoms with Gasteiger partial charge in [-0.1, -0.05) is 67.6 Å². The molecule has 6 nitrogen and oxygen atoms in total. The average molecular weight is 521 g/mol. The minimum atomic E-state index is -3.69. The summed E-state index contributed by atoms with van der Waals surface area (Å²) in [5.74, 6) is 0.689. The maximum Gasteiger partial charge on any atom is 0.243 e. The van der Waals surface area contributed by atoms with Crippen LogP contribution < -0.4 is 4.74 Å². The lowest BCUT2D eigenvalue weighted by Gasteiger charge is -2.42. The van der Waals surface area contributed by atoms with Crippen molar-refractivity contribution in [2.24, 2.45) is 5.41 Å². The van der Waals surface area contributed by atoms with Crippen molar-refractivity contribution in [2.45, 2.75) is 44.0 Å². The Morgan fingerprint density at radius 3 is 2.24 bits per heavy atom. The standard InChI is InChI=1S/C30H36N2O4S/c1-3-25-15-17-28(18-16-25)37(34,35)32-20-10-19-30(23-32,24-36-27-13-8-5-9-14-27)21-29(33)31(2)22-26-11-6-4-7-12-26/h4-9,11-18H,3,10,19-24H2,1-2H3. The highest BCUT2D eigenvalue weighted by Crippen LogP contribution is 2.37. The molecule has 0 N–H and O–H groups in total. The van der Waals surface area contributed by atoms with Crippen LogP contribution in [0.15, 0.2) is 89.8 Å². The maximum absolute atomic E-state index is 13.6. The lowest BCUT2D eigenvalue weighted by atomic mass is 9.78. The normalized spacial score (nSPS) is 18.3. The molecule has 0 saturated carbocycles. The van der Waals surface area contributed by atoms with Gasteiger partial charge in [-0.25, -0.2) is 8.42 Å². The third kappa shape index (κ3) is 6.79. The zero-order valence-corrected chi connectivity index (χ0v) is 22.5. The first-order valence-corrected chi connectivity index (χ1v) is 14.3. The van der Waals surface area contributed by atoms with Gasteiger partial charge >= 0.3 is 0 Å². The monoisotopic (exact) mass is 520 g/mol. The van der Waals surface area contributed by atoms with E-state index < -0.39 is 15.4 Å². The maximum atomic E-state index is 13.6. The minimum Gasteiger partial charge on any atom is -0.493 e. The molecule has 0 bridgehead atoms. The van der Waals surface area contributed by atoms with Crippen molar-refractivity contribution in [1.29, 1.82) is 0 Å².